The van der Waals surface area contributed by atoms with E-state index in [-0.39, 0.29) is 5.56 Å². The van der Waals surface area contributed by atoms with E-state index < -0.39 is 5.97 Å². The molecule has 0 aliphatic heterocycles. The molecule has 0 aliphatic rings. The van der Waals surface area contributed by atoms with Crippen LogP contribution in [0.1, 0.15) is 10.4 Å². The lowest BCUT2D eigenvalue weighted by Gasteiger charge is -2.09. The van der Waals surface area contributed by atoms with Gasteiger partial charge < -0.3 is 5.11 Å². The van der Waals surface area contributed by atoms with Gasteiger partial charge in [0.1, 0.15) is 5.03 Å². The van der Waals surface area contributed by atoms with Crippen LogP contribution in [0, 0.1) is 0 Å². The number of fused-ring (bicyclic) bond motifs is 1. The number of benzene rings is 1. The fourth-order valence-electron chi connectivity index (χ4n) is 1.91. The zero-order chi connectivity index (χ0) is 14.8. The first-order valence-electron chi connectivity index (χ1n) is 6.05. The van der Waals surface area contributed by atoms with E-state index in [0.29, 0.717) is 4.90 Å². The SMILES string of the molecule is O=C(O)c1cnc2ccccc2c1Sc1ccc(Br)cn1. The van der Waals surface area contributed by atoms with Crippen LogP contribution in [0.3, 0.4) is 0 Å². The Morgan fingerprint density at radius 1 is 1.10 bits per heavy atom. The van der Waals surface area contributed by atoms with Crippen molar-refractivity contribution < 1.29 is 9.90 Å². The molecule has 0 saturated carbocycles. The highest BCUT2D eigenvalue weighted by Crippen LogP contribution is 2.34. The van der Waals surface area contributed by atoms with Crippen molar-refractivity contribution in [2.75, 3.05) is 0 Å². The molecule has 1 aromatic carbocycles. The first kappa shape index (κ1) is 14.0. The monoisotopic (exact) mass is 360 g/mol. The van der Waals surface area contributed by atoms with Gasteiger partial charge >= 0.3 is 5.97 Å². The predicted octanol–water partition coefficient (Wildman–Crippen LogP) is 4.24. The largest absolute Gasteiger partial charge is 0.478 e. The number of aromatic carboxylic acids is 1. The molecule has 1 N–H and O–H groups in total. The van der Waals surface area contributed by atoms with Crippen LogP contribution in [0.2, 0.25) is 0 Å². The number of carboxylic acids is 1. The summed E-state index contributed by atoms with van der Waals surface area (Å²) in [6.45, 7) is 0. The molecule has 0 bridgehead atoms. The number of hydrogen-bond acceptors (Lipinski definition) is 4. The minimum atomic E-state index is -0.993. The van der Waals surface area contributed by atoms with E-state index in [4.69, 9.17) is 0 Å². The molecular weight excluding hydrogens is 352 g/mol. The van der Waals surface area contributed by atoms with E-state index in [2.05, 4.69) is 25.9 Å². The van der Waals surface area contributed by atoms with Crippen molar-refractivity contribution in [1.29, 1.82) is 0 Å². The summed E-state index contributed by atoms with van der Waals surface area (Å²) in [7, 11) is 0. The fraction of sp³-hybridized carbons (Fsp3) is 0. The molecule has 0 saturated heterocycles. The molecule has 21 heavy (non-hydrogen) atoms. The standard InChI is InChI=1S/C15H9BrN2O2S/c16-9-5-6-13(18-7-9)21-14-10-3-1-2-4-12(10)17-8-11(14)15(19)20/h1-8H,(H,19,20). The Labute approximate surface area is 133 Å². The molecule has 3 rings (SSSR count). The number of halogens is 1. The van der Waals surface area contributed by atoms with E-state index >= 15 is 0 Å². The van der Waals surface area contributed by atoms with Gasteiger partial charge in [0.25, 0.3) is 0 Å². The maximum atomic E-state index is 11.4. The van der Waals surface area contributed by atoms with Gasteiger partial charge in [-0.25, -0.2) is 9.78 Å². The lowest BCUT2D eigenvalue weighted by molar-refractivity contribution is 0.0693. The lowest BCUT2D eigenvalue weighted by Crippen LogP contribution is -2.01. The normalized spacial score (nSPS) is 10.7. The molecule has 0 fully saturated rings. The highest BCUT2D eigenvalue weighted by molar-refractivity contribution is 9.10. The fourth-order valence-corrected chi connectivity index (χ4v) is 3.12. The third-order valence-electron chi connectivity index (χ3n) is 2.86. The number of para-hydroxylation sites is 1. The number of carboxylic acid groups (broad SMARTS) is 1. The van der Waals surface area contributed by atoms with Crippen molar-refractivity contribution >= 4 is 44.6 Å². The maximum Gasteiger partial charge on any atom is 0.338 e. The van der Waals surface area contributed by atoms with Crippen LogP contribution in [-0.2, 0) is 0 Å². The zero-order valence-corrected chi connectivity index (χ0v) is 13.1. The quantitative estimate of drug-likeness (QED) is 0.756. The zero-order valence-electron chi connectivity index (χ0n) is 10.7. The van der Waals surface area contributed by atoms with Gasteiger partial charge in [-0.2, -0.15) is 0 Å². The number of pyridine rings is 2. The van der Waals surface area contributed by atoms with E-state index in [0.717, 1.165) is 20.4 Å². The van der Waals surface area contributed by atoms with Gasteiger partial charge in [0.05, 0.1) is 11.1 Å². The Balaban J connectivity index is 2.16. The van der Waals surface area contributed by atoms with Gasteiger partial charge in [0.15, 0.2) is 0 Å². The Bertz CT molecular complexity index is 822. The minimum Gasteiger partial charge on any atom is -0.478 e. The van der Waals surface area contributed by atoms with Crippen molar-refractivity contribution in [3.63, 3.8) is 0 Å². The van der Waals surface area contributed by atoms with Gasteiger partial charge in [-0.05, 0) is 34.1 Å². The summed E-state index contributed by atoms with van der Waals surface area (Å²) < 4.78 is 0.880. The molecular formula is C15H9BrN2O2S. The minimum absolute atomic E-state index is 0.184. The lowest BCUT2D eigenvalue weighted by atomic mass is 10.1. The first-order chi connectivity index (χ1) is 10.1. The average Bonchev–Trinajstić information content (AvgIpc) is 2.49. The third-order valence-corrected chi connectivity index (χ3v) is 4.43. The Hall–Kier alpha value is -1.92. The number of rotatable bonds is 3. The molecule has 0 amide bonds. The topological polar surface area (TPSA) is 63.1 Å². The number of hydrogen-bond donors (Lipinski definition) is 1. The van der Waals surface area contributed by atoms with Crippen LogP contribution < -0.4 is 0 Å². The Morgan fingerprint density at radius 2 is 1.90 bits per heavy atom. The van der Waals surface area contributed by atoms with Crippen LogP contribution >= 0.6 is 27.7 Å². The van der Waals surface area contributed by atoms with Crippen LogP contribution in [0.5, 0.6) is 0 Å². The van der Waals surface area contributed by atoms with E-state index in [1.165, 1.54) is 18.0 Å². The Kier molecular flexibility index (Phi) is 3.90. The highest BCUT2D eigenvalue weighted by atomic mass is 79.9. The van der Waals surface area contributed by atoms with Gasteiger partial charge in [-0.3, -0.25) is 4.98 Å². The Morgan fingerprint density at radius 3 is 2.62 bits per heavy atom. The molecule has 0 atom stereocenters. The van der Waals surface area contributed by atoms with Crippen molar-refractivity contribution in [2.45, 2.75) is 9.92 Å². The van der Waals surface area contributed by atoms with Gasteiger partial charge in [-0.1, -0.05) is 30.0 Å². The molecule has 104 valence electrons. The smallest absolute Gasteiger partial charge is 0.338 e. The number of aromatic nitrogens is 2. The molecule has 6 heteroatoms. The number of carbonyl (C=O) groups is 1. The summed E-state index contributed by atoms with van der Waals surface area (Å²) in [5.41, 5.74) is 0.950. The summed E-state index contributed by atoms with van der Waals surface area (Å²) in [4.78, 5) is 20.6. The molecule has 2 aromatic heterocycles. The van der Waals surface area contributed by atoms with Crippen LogP contribution in [0.4, 0.5) is 0 Å². The summed E-state index contributed by atoms with van der Waals surface area (Å²) in [5.74, 6) is -0.993. The molecule has 2 heterocycles. The molecule has 0 spiro atoms. The van der Waals surface area contributed by atoms with Crippen molar-refractivity contribution in [2.24, 2.45) is 0 Å². The predicted molar refractivity (Wildman–Crippen MR) is 84.8 cm³/mol. The van der Waals surface area contributed by atoms with E-state index in [1.807, 2.05) is 36.4 Å². The van der Waals surface area contributed by atoms with E-state index in [1.54, 1.807) is 6.20 Å². The molecule has 0 aliphatic carbocycles. The second kappa shape index (κ2) is 5.83. The molecule has 0 unspecified atom stereocenters. The summed E-state index contributed by atoms with van der Waals surface area (Å²) in [6.07, 6.45) is 3.08. The highest BCUT2D eigenvalue weighted by Gasteiger charge is 2.16. The van der Waals surface area contributed by atoms with Gasteiger partial charge in [-0.15, -0.1) is 0 Å². The molecule has 0 radical (unpaired) electrons. The molecule has 4 nitrogen and oxygen atoms in total. The summed E-state index contributed by atoms with van der Waals surface area (Å²) >= 11 is 4.66. The van der Waals surface area contributed by atoms with Crippen LogP contribution in [0.25, 0.3) is 10.9 Å². The van der Waals surface area contributed by atoms with Crippen molar-refractivity contribution in [3.05, 3.63) is 58.8 Å². The van der Waals surface area contributed by atoms with Crippen LogP contribution in [0.15, 0.2) is 63.2 Å². The van der Waals surface area contributed by atoms with Crippen LogP contribution in [-0.4, -0.2) is 21.0 Å². The summed E-state index contributed by atoms with van der Waals surface area (Å²) in [5, 5.41) is 10.9. The third kappa shape index (κ3) is 2.91. The second-order valence-corrected chi connectivity index (χ2v) is 6.19. The van der Waals surface area contributed by atoms with Crippen molar-refractivity contribution in [3.8, 4) is 0 Å². The maximum absolute atomic E-state index is 11.4. The first-order valence-corrected chi connectivity index (χ1v) is 7.66. The molecule has 3 aromatic rings. The van der Waals surface area contributed by atoms with Gasteiger partial charge in [0, 0.05) is 27.1 Å². The summed E-state index contributed by atoms with van der Waals surface area (Å²) in [6, 6.07) is 11.2. The average molecular weight is 361 g/mol. The van der Waals surface area contributed by atoms with Gasteiger partial charge in [0.2, 0.25) is 0 Å². The number of nitrogens with zero attached hydrogens (tertiary/aromatic N) is 2. The van der Waals surface area contributed by atoms with E-state index in [9.17, 15) is 9.90 Å². The second-order valence-electron chi connectivity index (χ2n) is 4.24. The van der Waals surface area contributed by atoms with Crippen molar-refractivity contribution in [1.82, 2.24) is 9.97 Å².